The minimum Gasteiger partial charge on any atom is -0.389 e. The predicted molar refractivity (Wildman–Crippen MR) is 81.2 cm³/mol. The van der Waals surface area contributed by atoms with Crippen LogP contribution in [0.5, 0.6) is 0 Å². The van der Waals surface area contributed by atoms with Crippen LogP contribution >= 0.6 is 28.1 Å². The van der Waals surface area contributed by atoms with Crippen molar-refractivity contribution < 1.29 is 8.78 Å². The number of nitrogens with two attached hydrogens (primary N) is 1. The van der Waals surface area contributed by atoms with Gasteiger partial charge in [-0.2, -0.15) is 5.10 Å². The van der Waals surface area contributed by atoms with E-state index in [2.05, 4.69) is 26.3 Å². The van der Waals surface area contributed by atoms with Gasteiger partial charge in [0.1, 0.15) is 16.6 Å². The van der Waals surface area contributed by atoms with Crippen molar-refractivity contribution in [3.8, 4) is 0 Å². The second-order valence-electron chi connectivity index (χ2n) is 4.17. The zero-order valence-electron chi connectivity index (χ0n) is 10.7. The molecular formula is C12H11BrF2N4S. The molecule has 0 saturated carbocycles. The lowest BCUT2D eigenvalue weighted by molar-refractivity contribution is 0.584. The smallest absolute Gasteiger partial charge is 0.150 e. The van der Waals surface area contributed by atoms with Gasteiger partial charge in [0.25, 0.3) is 0 Å². The Labute approximate surface area is 128 Å². The van der Waals surface area contributed by atoms with Crippen molar-refractivity contribution in [2.24, 2.45) is 12.8 Å². The van der Waals surface area contributed by atoms with Gasteiger partial charge in [0.15, 0.2) is 5.82 Å². The highest BCUT2D eigenvalue weighted by molar-refractivity contribution is 9.10. The maximum Gasteiger partial charge on any atom is 0.150 e. The van der Waals surface area contributed by atoms with E-state index in [1.807, 2.05) is 0 Å². The minimum absolute atomic E-state index is 0.0897. The Balaban J connectivity index is 2.54. The Kier molecular flexibility index (Phi) is 4.05. The van der Waals surface area contributed by atoms with Crippen molar-refractivity contribution >= 4 is 44.6 Å². The van der Waals surface area contributed by atoms with E-state index in [4.69, 9.17) is 18.0 Å². The van der Waals surface area contributed by atoms with Crippen molar-refractivity contribution in [1.29, 1.82) is 0 Å². The van der Waals surface area contributed by atoms with E-state index in [9.17, 15) is 8.78 Å². The third kappa shape index (κ3) is 2.66. The normalized spacial score (nSPS) is 10.7. The molecule has 0 radical (unpaired) electrons. The Morgan fingerprint density at radius 1 is 1.45 bits per heavy atom. The van der Waals surface area contributed by atoms with Gasteiger partial charge in [0.2, 0.25) is 0 Å². The number of anilines is 2. The molecule has 3 N–H and O–H groups in total. The van der Waals surface area contributed by atoms with Crippen molar-refractivity contribution in [2.75, 3.05) is 5.32 Å². The summed E-state index contributed by atoms with van der Waals surface area (Å²) >= 11 is 8.08. The molecule has 0 spiro atoms. The first-order valence-electron chi connectivity index (χ1n) is 5.56. The second kappa shape index (κ2) is 5.45. The van der Waals surface area contributed by atoms with Gasteiger partial charge >= 0.3 is 0 Å². The number of hydrogen-bond donors (Lipinski definition) is 2. The van der Waals surface area contributed by atoms with Gasteiger partial charge in [-0.05, 0) is 28.9 Å². The molecule has 0 atom stereocenters. The molecule has 2 aromatic rings. The summed E-state index contributed by atoms with van der Waals surface area (Å²) in [4.78, 5) is 0.150. The summed E-state index contributed by atoms with van der Waals surface area (Å²) in [6.45, 7) is 1.75. The number of nitrogens with zero attached hydrogens (tertiary/aromatic N) is 2. The topological polar surface area (TPSA) is 55.9 Å². The summed E-state index contributed by atoms with van der Waals surface area (Å²) in [5.74, 6) is -0.957. The van der Waals surface area contributed by atoms with Crippen LogP contribution in [0.2, 0.25) is 0 Å². The molecule has 1 aromatic heterocycles. The fourth-order valence-corrected chi connectivity index (χ4v) is 2.63. The summed E-state index contributed by atoms with van der Waals surface area (Å²) < 4.78 is 28.7. The number of aromatic nitrogens is 2. The number of rotatable bonds is 3. The Morgan fingerprint density at radius 3 is 2.65 bits per heavy atom. The monoisotopic (exact) mass is 360 g/mol. The third-order valence-corrected chi connectivity index (χ3v) is 3.55. The molecule has 0 aliphatic rings. The van der Waals surface area contributed by atoms with Crippen LogP contribution in [0.4, 0.5) is 20.3 Å². The highest BCUT2D eigenvalue weighted by Gasteiger charge is 2.18. The standard InChI is InChI=1S/C12H11BrF2N4S/c1-5-9(11(16)20)12(19(2)18-5)17-10-7(13)3-6(14)4-8(10)15/h3-4,17H,1-2H3,(H2,16,20). The molecule has 0 unspecified atom stereocenters. The molecule has 2 rings (SSSR count). The van der Waals surface area contributed by atoms with Crippen molar-refractivity contribution in [3.05, 3.63) is 39.5 Å². The lowest BCUT2D eigenvalue weighted by Crippen LogP contribution is -2.13. The summed E-state index contributed by atoms with van der Waals surface area (Å²) in [6.07, 6.45) is 0. The van der Waals surface area contributed by atoms with Gasteiger partial charge in [-0.1, -0.05) is 12.2 Å². The minimum atomic E-state index is -0.732. The van der Waals surface area contributed by atoms with Crippen LogP contribution in [0.1, 0.15) is 11.3 Å². The van der Waals surface area contributed by atoms with E-state index >= 15 is 0 Å². The lowest BCUT2D eigenvalue weighted by atomic mass is 10.2. The van der Waals surface area contributed by atoms with Crippen LogP contribution in [0.25, 0.3) is 0 Å². The van der Waals surface area contributed by atoms with Gasteiger partial charge in [-0.25, -0.2) is 8.78 Å². The Hall–Kier alpha value is -1.54. The predicted octanol–water partition coefficient (Wildman–Crippen LogP) is 3.15. The maximum absolute atomic E-state index is 13.8. The highest BCUT2D eigenvalue weighted by atomic mass is 79.9. The zero-order valence-corrected chi connectivity index (χ0v) is 13.1. The fourth-order valence-electron chi connectivity index (χ4n) is 1.88. The molecule has 0 saturated heterocycles. The molecule has 0 aliphatic carbocycles. The van der Waals surface area contributed by atoms with E-state index < -0.39 is 11.6 Å². The fraction of sp³-hybridized carbons (Fsp3) is 0.167. The number of halogens is 3. The third-order valence-electron chi connectivity index (χ3n) is 2.72. The number of thiocarbonyl (C=S) groups is 1. The SMILES string of the molecule is Cc1nn(C)c(Nc2c(F)cc(F)cc2Br)c1C(N)=S. The number of nitrogens with one attached hydrogen (secondary N) is 1. The molecule has 0 fully saturated rings. The van der Waals surface area contributed by atoms with Crippen LogP contribution in [-0.2, 0) is 7.05 Å². The van der Waals surface area contributed by atoms with Gasteiger partial charge in [-0.3, -0.25) is 4.68 Å². The molecule has 0 bridgehead atoms. The van der Waals surface area contributed by atoms with E-state index in [1.54, 1.807) is 14.0 Å². The molecule has 4 nitrogen and oxygen atoms in total. The molecule has 1 aromatic carbocycles. The molecular weight excluding hydrogens is 350 g/mol. The highest BCUT2D eigenvalue weighted by Crippen LogP contribution is 2.31. The number of benzene rings is 1. The van der Waals surface area contributed by atoms with E-state index in [1.165, 1.54) is 4.68 Å². The number of hydrogen-bond acceptors (Lipinski definition) is 3. The molecule has 0 amide bonds. The summed E-state index contributed by atoms with van der Waals surface area (Å²) in [5.41, 5.74) is 6.90. The van der Waals surface area contributed by atoms with Crippen molar-refractivity contribution in [2.45, 2.75) is 6.92 Å². The lowest BCUT2D eigenvalue weighted by Gasteiger charge is -2.12. The zero-order chi connectivity index (χ0) is 15.0. The first-order valence-corrected chi connectivity index (χ1v) is 6.76. The molecule has 0 aliphatic heterocycles. The molecule has 20 heavy (non-hydrogen) atoms. The summed E-state index contributed by atoms with van der Waals surface area (Å²) in [7, 11) is 1.67. The average Bonchev–Trinajstić information content (AvgIpc) is 2.58. The maximum atomic E-state index is 13.8. The van der Waals surface area contributed by atoms with Crippen LogP contribution in [0.3, 0.4) is 0 Å². The van der Waals surface area contributed by atoms with Gasteiger partial charge < -0.3 is 11.1 Å². The van der Waals surface area contributed by atoms with Crippen LogP contribution in [0, 0.1) is 18.6 Å². The van der Waals surface area contributed by atoms with E-state index in [0.717, 1.165) is 12.1 Å². The average molecular weight is 361 g/mol. The summed E-state index contributed by atoms with van der Waals surface area (Å²) in [5, 5.41) is 7.03. The van der Waals surface area contributed by atoms with Gasteiger partial charge in [0, 0.05) is 17.6 Å². The van der Waals surface area contributed by atoms with Crippen LogP contribution in [0.15, 0.2) is 16.6 Å². The quantitative estimate of drug-likeness (QED) is 0.825. The second-order valence-corrected chi connectivity index (χ2v) is 5.46. The molecule has 106 valence electrons. The van der Waals surface area contributed by atoms with Crippen LogP contribution < -0.4 is 11.1 Å². The van der Waals surface area contributed by atoms with Gasteiger partial charge in [-0.15, -0.1) is 0 Å². The number of aryl methyl sites for hydroxylation is 2. The molecule has 1 heterocycles. The Bertz CT molecular complexity index is 676. The largest absolute Gasteiger partial charge is 0.389 e. The first-order chi connectivity index (χ1) is 9.31. The van der Waals surface area contributed by atoms with Crippen molar-refractivity contribution in [3.63, 3.8) is 0 Å². The Morgan fingerprint density at radius 2 is 2.10 bits per heavy atom. The van der Waals surface area contributed by atoms with E-state index in [-0.39, 0.29) is 15.1 Å². The van der Waals surface area contributed by atoms with Gasteiger partial charge in [0.05, 0.1) is 16.9 Å². The van der Waals surface area contributed by atoms with E-state index in [0.29, 0.717) is 17.1 Å². The summed E-state index contributed by atoms with van der Waals surface area (Å²) in [6, 6.07) is 1.95. The first kappa shape index (κ1) is 14.9. The van der Waals surface area contributed by atoms with Crippen LogP contribution in [-0.4, -0.2) is 14.8 Å². The van der Waals surface area contributed by atoms with Crippen molar-refractivity contribution in [1.82, 2.24) is 9.78 Å². The molecule has 8 heteroatoms.